The molecule has 1 fully saturated rings. The zero-order valence-corrected chi connectivity index (χ0v) is 12.0. The lowest BCUT2D eigenvalue weighted by molar-refractivity contribution is 0.273. The molecule has 4 nitrogen and oxygen atoms in total. The maximum atomic E-state index is 13.8. The molecule has 112 valence electrons. The van der Waals surface area contributed by atoms with E-state index < -0.39 is 0 Å². The van der Waals surface area contributed by atoms with Crippen molar-refractivity contribution in [1.82, 2.24) is 15.0 Å². The molecule has 0 bridgehead atoms. The van der Waals surface area contributed by atoms with Gasteiger partial charge in [-0.3, -0.25) is 0 Å². The summed E-state index contributed by atoms with van der Waals surface area (Å²) < 4.78 is 15.6. The minimum Gasteiger partial charge on any atom is -0.390 e. The third kappa shape index (κ3) is 2.97. The van der Waals surface area contributed by atoms with E-state index in [1.54, 1.807) is 16.8 Å². The highest BCUT2D eigenvalue weighted by atomic mass is 19.1. The maximum Gasteiger partial charge on any atom is 0.128 e. The van der Waals surface area contributed by atoms with Crippen LogP contribution < -0.4 is 0 Å². The van der Waals surface area contributed by atoms with Gasteiger partial charge in [0.05, 0.1) is 18.8 Å². The predicted octanol–water partition coefficient (Wildman–Crippen LogP) is 3.01. The lowest BCUT2D eigenvalue weighted by atomic mass is 9.86. The van der Waals surface area contributed by atoms with Crippen LogP contribution in [-0.2, 0) is 13.2 Å². The van der Waals surface area contributed by atoms with Gasteiger partial charge in [0.15, 0.2) is 0 Å². The molecule has 1 aliphatic carbocycles. The van der Waals surface area contributed by atoms with E-state index in [-0.39, 0.29) is 12.4 Å². The Hall–Kier alpha value is -1.75. The highest BCUT2D eigenvalue weighted by Crippen LogP contribution is 2.34. The smallest absolute Gasteiger partial charge is 0.128 e. The molecule has 0 spiro atoms. The molecule has 2 aromatic rings. The second-order valence-corrected chi connectivity index (χ2v) is 5.66. The fraction of sp³-hybridized carbons (Fsp3) is 0.500. The summed E-state index contributed by atoms with van der Waals surface area (Å²) >= 11 is 0. The Morgan fingerprint density at radius 3 is 2.67 bits per heavy atom. The molecule has 3 rings (SSSR count). The highest BCUT2D eigenvalue weighted by molar-refractivity contribution is 5.21. The molecule has 0 unspecified atom stereocenters. The minimum atomic E-state index is -0.229. The van der Waals surface area contributed by atoms with Gasteiger partial charge in [-0.25, -0.2) is 9.07 Å². The van der Waals surface area contributed by atoms with Gasteiger partial charge in [0.2, 0.25) is 0 Å². The van der Waals surface area contributed by atoms with Gasteiger partial charge in [-0.2, -0.15) is 0 Å². The predicted molar refractivity (Wildman–Crippen MR) is 77.3 cm³/mol. The minimum absolute atomic E-state index is 0.108. The fourth-order valence-electron chi connectivity index (χ4n) is 3.20. The highest BCUT2D eigenvalue weighted by Gasteiger charge is 2.24. The quantitative estimate of drug-likeness (QED) is 0.941. The molecule has 1 aromatic heterocycles. The van der Waals surface area contributed by atoms with E-state index in [2.05, 4.69) is 10.3 Å². The molecular formula is C16H20FN3O. The average Bonchev–Trinajstić information content (AvgIpc) is 2.93. The van der Waals surface area contributed by atoms with E-state index in [0.717, 1.165) is 18.5 Å². The largest absolute Gasteiger partial charge is 0.390 e. The second-order valence-electron chi connectivity index (χ2n) is 5.66. The van der Waals surface area contributed by atoms with Crippen molar-refractivity contribution >= 4 is 0 Å². The number of aliphatic hydroxyl groups excluding tert-OH is 1. The zero-order chi connectivity index (χ0) is 14.7. The summed E-state index contributed by atoms with van der Waals surface area (Å²) in [4.78, 5) is 0. The van der Waals surface area contributed by atoms with Crippen LogP contribution in [0, 0.1) is 5.82 Å². The van der Waals surface area contributed by atoms with Crippen LogP contribution in [0.4, 0.5) is 4.39 Å². The van der Waals surface area contributed by atoms with Gasteiger partial charge in [0, 0.05) is 11.5 Å². The summed E-state index contributed by atoms with van der Waals surface area (Å²) in [5.41, 5.74) is 2.22. The number of nitrogens with zero attached hydrogens (tertiary/aromatic N) is 3. The van der Waals surface area contributed by atoms with Gasteiger partial charge in [-0.1, -0.05) is 42.7 Å². The van der Waals surface area contributed by atoms with Gasteiger partial charge in [-0.05, 0) is 18.9 Å². The Bertz CT molecular complexity index is 605. The monoisotopic (exact) mass is 289 g/mol. The van der Waals surface area contributed by atoms with Crippen LogP contribution in [-0.4, -0.2) is 20.1 Å². The first-order valence-corrected chi connectivity index (χ1v) is 7.56. The molecule has 1 aliphatic rings. The van der Waals surface area contributed by atoms with Crippen molar-refractivity contribution in [3.05, 3.63) is 47.0 Å². The van der Waals surface area contributed by atoms with E-state index in [0.29, 0.717) is 23.7 Å². The zero-order valence-electron chi connectivity index (χ0n) is 12.0. The molecule has 0 aliphatic heterocycles. The first kappa shape index (κ1) is 14.2. The first-order chi connectivity index (χ1) is 10.3. The standard InChI is InChI=1S/C16H20FN3O/c17-14-9-5-4-8-13(14)10-20-16(15(11-21)18-19-20)12-6-2-1-3-7-12/h4-5,8-9,12,21H,1-3,6-7,10-11H2. The summed E-state index contributed by atoms with van der Waals surface area (Å²) in [6, 6.07) is 6.73. The summed E-state index contributed by atoms with van der Waals surface area (Å²) in [6.45, 7) is 0.259. The summed E-state index contributed by atoms with van der Waals surface area (Å²) in [5, 5.41) is 17.7. The molecule has 1 N–H and O–H groups in total. The van der Waals surface area contributed by atoms with Crippen LogP contribution >= 0.6 is 0 Å². The SMILES string of the molecule is OCc1nnn(Cc2ccccc2F)c1C1CCCCC1. The van der Waals surface area contributed by atoms with Crippen molar-refractivity contribution in [3.8, 4) is 0 Å². The maximum absolute atomic E-state index is 13.8. The number of hydrogen-bond acceptors (Lipinski definition) is 3. The second kappa shape index (κ2) is 6.35. The third-order valence-electron chi connectivity index (χ3n) is 4.27. The van der Waals surface area contributed by atoms with Gasteiger partial charge in [0.1, 0.15) is 11.5 Å². The van der Waals surface area contributed by atoms with Crippen molar-refractivity contribution in [2.24, 2.45) is 0 Å². The van der Waals surface area contributed by atoms with Crippen molar-refractivity contribution in [2.75, 3.05) is 0 Å². The fourth-order valence-corrected chi connectivity index (χ4v) is 3.20. The van der Waals surface area contributed by atoms with E-state index in [1.165, 1.54) is 25.3 Å². The Morgan fingerprint density at radius 2 is 1.95 bits per heavy atom. The number of aliphatic hydroxyl groups is 1. The summed E-state index contributed by atoms with van der Waals surface area (Å²) in [6.07, 6.45) is 5.84. The van der Waals surface area contributed by atoms with E-state index >= 15 is 0 Å². The molecule has 0 radical (unpaired) electrons. The Kier molecular flexibility index (Phi) is 4.29. The normalized spacial score (nSPS) is 16.3. The van der Waals surface area contributed by atoms with Crippen molar-refractivity contribution < 1.29 is 9.50 Å². The van der Waals surface area contributed by atoms with Crippen molar-refractivity contribution in [2.45, 2.75) is 51.2 Å². The van der Waals surface area contributed by atoms with E-state index in [9.17, 15) is 9.50 Å². The Labute approximate surface area is 123 Å². The number of rotatable bonds is 4. The van der Waals surface area contributed by atoms with Gasteiger partial charge in [-0.15, -0.1) is 5.10 Å². The van der Waals surface area contributed by atoms with Crippen LogP contribution in [0.1, 0.15) is 55.0 Å². The van der Waals surface area contributed by atoms with E-state index in [4.69, 9.17) is 0 Å². The number of halogens is 1. The number of benzene rings is 1. The van der Waals surface area contributed by atoms with Crippen LogP contribution in [0.5, 0.6) is 0 Å². The lowest BCUT2D eigenvalue weighted by Crippen LogP contribution is -2.15. The van der Waals surface area contributed by atoms with E-state index in [1.807, 2.05) is 6.07 Å². The molecule has 0 atom stereocenters. The lowest BCUT2D eigenvalue weighted by Gasteiger charge is -2.23. The Morgan fingerprint density at radius 1 is 1.19 bits per heavy atom. The summed E-state index contributed by atoms with van der Waals surface area (Å²) in [5.74, 6) is 0.149. The first-order valence-electron chi connectivity index (χ1n) is 7.56. The van der Waals surface area contributed by atoms with Crippen molar-refractivity contribution in [3.63, 3.8) is 0 Å². The molecule has 0 saturated heterocycles. The summed E-state index contributed by atoms with van der Waals surface area (Å²) in [7, 11) is 0. The molecule has 1 aromatic carbocycles. The number of aromatic nitrogens is 3. The third-order valence-corrected chi connectivity index (χ3v) is 4.27. The van der Waals surface area contributed by atoms with Gasteiger partial charge in [0.25, 0.3) is 0 Å². The topological polar surface area (TPSA) is 50.9 Å². The molecule has 21 heavy (non-hydrogen) atoms. The van der Waals surface area contributed by atoms with Crippen LogP contribution in [0.3, 0.4) is 0 Å². The number of hydrogen-bond donors (Lipinski definition) is 1. The average molecular weight is 289 g/mol. The van der Waals surface area contributed by atoms with Crippen LogP contribution in [0.25, 0.3) is 0 Å². The van der Waals surface area contributed by atoms with Crippen molar-refractivity contribution in [1.29, 1.82) is 0 Å². The molecule has 0 amide bonds. The van der Waals surface area contributed by atoms with Gasteiger partial charge >= 0.3 is 0 Å². The Balaban J connectivity index is 1.91. The molecule has 5 heteroatoms. The van der Waals surface area contributed by atoms with Gasteiger partial charge < -0.3 is 5.11 Å². The van der Waals surface area contributed by atoms with Crippen LogP contribution in [0.2, 0.25) is 0 Å². The van der Waals surface area contributed by atoms with Crippen LogP contribution in [0.15, 0.2) is 24.3 Å². The molecular weight excluding hydrogens is 269 g/mol. The molecule has 1 heterocycles. The molecule has 1 saturated carbocycles.